The molecule has 3 aromatic rings. The zero-order chi connectivity index (χ0) is 23.3. The van der Waals surface area contributed by atoms with Gasteiger partial charge in [-0.15, -0.1) is 0 Å². The molecule has 0 unspecified atom stereocenters. The number of hydrogen-bond acceptors (Lipinski definition) is 3. The first-order valence-electron chi connectivity index (χ1n) is 12.1. The number of rotatable bonds is 6. The van der Waals surface area contributed by atoms with Gasteiger partial charge in [0.25, 0.3) is 5.91 Å². The molecular weight excluding hydrogens is 425 g/mol. The molecule has 2 heterocycles. The Kier molecular flexibility index (Phi) is 6.82. The minimum Gasteiger partial charge on any atom is -0.294 e. The summed E-state index contributed by atoms with van der Waals surface area (Å²) in [5, 5.41) is 6.39. The summed E-state index contributed by atoms with van der Waals surface area (Å²) in [6.07, 6.45) is 3.94. The largest absolute Gasteiger partial charge is 0.294 e. The van der Waals surface area contributed by atoms with E-state index in [1.165, 1.54) is 17.7 Å². The van der Waals surface area contributed by atoms with Crippen LogP contribution >= 0.6 is 0 Å². The summed E-state index contributed by atoms with van der Waals surface area (Å²) in [7, 11) is 0. The normalized spacial score (nSPS) is 19.3. The maximum Gasteiger partial charge on any atom is 0.257 e. The average Bonchev–Trinajstić information content (AvgIpc) is 3.33. The molecule has 4 nitrogen and oxygen atoms in total. The predicted octanol–water partition coefficient (Wildman–Crippen LogP) is 5.46. The van der Waals surface area contributed by atoms with Crippen LogP contribution in [0.15, 0.2) is 90.0 Å². The number of hydrazone groups is 1. The van der Waals surface area contributed by atoms with Crippen molar-refractivity contribution in [1.29, 1.82) is 0 Å². The highest BCUT2D eigenvalue weighted by Crippen LogP contribution is 2.33. The summed E-state index contributed by atoms with van der Waals surface area (Å²) in [6, 6.07) is 26.9. The van der Waals surface area contributed by atoms with Crippen molar-refractivity contribution < 1.29 is 9.18 Å². The highest BCUT2D eigenvalue weighted by Gasteiger charge is 2.34. The van der Waals surface area contributed by atoms with Crippen molar-refractivity contribution in [3.63, 3.8) is 0 Å². The lowest BCUT2D eigenvalue weighted by Crippen LogP contribution is -2.42. The Morgan fingerprint density at radius 1 is 0.882 bits per heavy atom. The number of piperidine rings is 1. The van der Waals surface area contributed by atoms with Crippen molar-refractivity contribution in [3.05, 3.63) is 107 Å². The topological polar surface area (TPSA) is 35.9 Å². The van der Waals surface area contributed by atoms with E-state index in [4.69, 9.17) is 5.10 Å². The van der Waals surface area contributed by atoms with E-state index < -0.39 is 0 Å². The van der Waals surface area contributed by atoms with Crippen LogP contribution in [-0.2, 0) is 11.2 Å². The minimum absolute atomic E-state index is 0.0208. The monoisotopic (exact) mass is 455 g/mol. The standard InChI is InChI=1S/C29H30FN3O/c30-26-13-11-24(12-14-26)27-20-28(25-9-5-2-6-10-25)33(31-27)29(34)21-32-17-15-23(16-18-32)19-22-7-3-1-4-8-22/h1-14,23,28H,15-21H2/t28-/m1/s1. The van der Waals surface area contributed by atoms with Gasteiger partial charge in [0.1, 0.15) is 5.82 Å². The van der Waals surface area contributed by atoms with Gasteiger partial charge in [0, 0.05) is 6.42 Å². The van der Waals surface area contributed by atoms with Crippen molar-refractivity contribution in [3.8, 4) is 0 Å². The average molecular weight is 456 g/mol. The molecule has 0 bridgehead atoms. The molecule has 0 saturated carbocycles. The molecular formula is C29H30FN3O. The van der Waals surface area contributed by atoms with E-state index in [0.29, 0.717) is 18.9 Å². The lowest BCUT2D eigenvalue weighted by atomic mass is 9.90. The maximum absolute atomic E-state index is 13.4. The third kappa shape index (κ3) is 5.26. The fraction of sp³-hybridized carbons (Fsp3) is 0.310. The van der Waals surface area contributed by atoms with Crippen molar-refractivity contribution in [2.24, 2.45) is 11.0 Å². The van der Waals surface area contributed by atoms with Gasteiger partial charge in [-0.2, -0.15) is 5.10 Å². The Labute approximate surface area is 200 Å². The van der Waals surface area contributed by atoms with Crippen LogP contribution in [0.25, 0.3) is 0 Å². The molecule has 2 aliphatic heterocycles. The Morgan fingerprint density at radius 3 is 2.21 bits per heavy atom. The van der Waals surface area contributed by atoms with Crippen LogP contribution in [0.4, 0.5) is 4.39 Å². The molecule has 1 saturated heterocycles. The lowest BCUT2D eigenvalue weighted by molar-refractivity contribution is -0.134. The Balaban J connectivity index is 1.25. The second-order valence-electron chi connectivity index (χ2n) is 9.33. The Hall–Kier alpha value is -3.31. The molecule has 0 aromatic heterocycles. The second-order valence-corrected chi connectivity index (χ2v) is 9.33. The number of carbonyl (C=O) groups excluding carboxylic acids is 1. The van der Waals surface area contributed by atoms with Crippen LogP contribution in [0, 0.1) is 11.7 Å². The summed E-state index contributed by atoms with van der Waals surface area (Å²) in [5.74, 6) is 0.415. The number of amides is 1. The fourth-order valence-corrected chi connectivity index (χ4v) is 5.05. The van der Waals surface area contributed by atoms with Gasteiger partial charge in [0.15, 0.2) is 0 Å². The Morgan fingerprint density at radius 2 is 1.53 bits per heavy atom. The third-order valence-electron chi connectivity index (χ3n) is 6.96. The van der Waals surface area contributed by atoms with Crippen molar-refractivity contribution in [1.82, 2.24) is 9.91 Å². The van der Waals surface area contributed by atoms with Gasteiger partial charge in [-0.1, -0.05) is 72.8 Å². The van der Waals surface area contributed by atoms with Crippen molar-refractivity contribution in [2.45, 2.75) is 31.7 Å². The third-order valence-corrected chi connectivity index (χ3v) is 6.96. The lowest BCUT2D eigenvalue weighted by Gasteiger charge is -2.33. The quantitative estimate of drug-likeness (QED) is 0.495. The minimum atomic E-state index is -0.273. The van der Waals surface area contributed by atoms with Gasteiger partial charge in [-0.25, -0.2) is 9.40 Å². The van der Waals surface area contributed by atoms with Gasteiger partial charge in [0.05, 0.1) is 18.3 Å². The molecule has 34 heavy (non-hydrogen) atoms. The number of hydrogen-bond donors (Lipinski definition) is 0. The van der Waals surface area contributed by atoms with Crippen LogP contribution in [0.1, 0.15) is 42.0 Å². The van der Waals surface area contributed by atoms with Crippen LogP contribution in [-0.4, -0.2) is 41.2 Å². The number of benzene rings is 3. The van der Waals surface area contributed by atoms with E-state index >= 15 is 0 Å². The van der Waals surface area contributed by atoms with Gasteiger partial charge < -0.3 is 0 Å². The number of halogens is 1. The molecule has 1 amide bonds. The molecule has 0 spiro atoms. The smallest absolute Gasteiger partial charge is 0.257 e. The Bertz CT molecular complexity index is 1120. The van der Waals surface area contributed by atoms with Crippen molar-refractivity contribution >= 4 is 11.6 Å². The first kappa shape index (κ1) is 22.5. The van der Waals surface area contributed by atoms with Crippen LogP contribution < -0.4 is 0 Å². The second kappa shape index (κ2) is 10.3. The van der Waals surface area contributed by atoms with Crippen LogP contribution in [0.5, 0.6) is 0 Å². The maximum atomic E-state index is 13.4. The number of nitrogens with zero attached hydrogens (tertiary/aromatic N) is 3. The molecule has 5 heteroatoms. The SMILES string of the molecule is O=C(CN1CCC(Cc2ccccc2)CC1)N1N=C(c2ccc(F)cc2)C[C@@H]1c1ccccc1. The van der Waals surface area contributed by atoms with Gasteiger partial charge in [-0.3, -0.25) is 9.69 Å². The summed E-state index contributed by atoms with van der Waals surface area (Å²) in [4.78, 5) is 15.7. The first-order valence-corrected chi connectivity index (χ1v) is 12.1. The molecule has 3 aromatic carbocycles. The highest BCUT2D eigenvalue weighted by molar-refractivity contribution is 6.03. The number of likely N-dealkylation sites (tertiary alicyclic amines) is 1. The molecule has 1 atom stereocenters. The zero-order valence-electron chi connectivity index (χ0n) is 19.3. The molecule has 0 aliphatic carbocycles. The highest BCUT2D eigenvalue weighted by atomic mass is 19.1. The predicted molar refractivity (Wildman–Crippen MR) is 133 cm³/mol. The summed E-state index contributed by atoms with van der Waals surface area (Å²) >= 11 is 0. The van der Waals surface area contributed by atoms with E-state index in [0.717, 1.165) is 49.2 Å². The molecule has 174 valence electrons. The van der Waals surface area contributed by atoms with Crippen molar-refractivity contribution in [2.75, 3.05) is 19.6 Å². The van der Waals surface area contributed by atoms with E-state index in [9.17, 15) is 9.18 Å². The first-order chi connectivity index (χ1) is 16.7. The zero-order valence-corrected chi connectivity index (χ0v) is 19.3. The van der Waals surface area contributed by atoms with E-state index in [2.05, 4.69) is 35.2 Å². The van der Waals surface area contributed by atoms with E-state index in [1.54, 1.807) is 17.1 Å². The van der Waals surface area contributed by atoms with E-state index in [-0.39, 0.29) is 17.8 Å². The van der Waals surface area contributed by atoms with Gasteiger partial charge >= 0.3 is 0 Å². The van der Waals surface area contributed by atoms with Crippen LogP contribution in [0.2, 0.25) is 0 Å². The van der Waals surface area contributed by atoms with E-state index in [1.807, 2.05) is 30.3 Å². The molecule has 0 N–H and O–H groups in total. The molecule has 1 fully saturated rings. The van der Waals surface area contributed by atoms with Gasteiger partial charge in [-0.05, 0) is 67.1 Å². The van der Waals surface area contributed by atoms with Gasteiger partial charge in [0.2, 0.25) is 0 Å². The summed E-state index contributed by atoms with van der Waals surface area (Å²) in [5.41, 5.74) is 4.14. The molecule has 2 aliphatic rings. The molecule has 0 radical (unpaired) electrons. The molecule has 5 rings (SSSR count). The van der Waals surface area contributed by atoms with Crippen LogP contribution in [0.3, 0.4) is 0 Å². The number of carbonyl (C=O) groups is 1. The summed E-state index contributed by atoms with van der Waals surface area (Å²) < 4.78 is 13.4. The summed E-state index contributed by atoms with van der Waals surface area (Å²) in [6.45, 7) is 2.24. The fourth-order valence-electron chi connectivity index (χ4n) is 5.05.